The van der Waals surface area contributed by atoms with Crippen LogP contribution >= 0.6 is 0 Å². The monoisotopic (exact) mass is 263 g/mol. The normalized spacial score (nSPS) is 11.6. The van der Waals surface area contributed by atoms with Gasteiger partial charge in [-0.05, 0) is 18.6 Å². The zero-order valence-corrected chi connectivity index (χ0v) is 10.8. The molecule has 0 aliphatic rings. The van der Waals surface area contributed by atoms with Gasteiger partial charge in [0.1, 0.15) is 11.8 Å². The van der Waals surface area contributed by atoms with Gasteiger partial charge in [-0.15, -0.1) is 0 Å². The van der Waals surface area contributed by atoms with Gasteiger partial charge in [0, 0.05) is 30.8 Å². The summed E-state index contributed by atoms with van der Waals surface area (Å²) in [6.45, 7) is 1.75. The molecule has 1 aromatic heterocycles. The molecule has 0 radical (unpaired) electrons. The molecule has 0 bridgehead atoms. The highest BCUT2D eigenvalue weighted by atomic mass is 16.2. The van der Waals surface area contributed by atoms with Crippen molar-refractivity contribution in [3.05, 3.63) is 30.1 Å². The van der Waals surface area contributed by atoms with E-state index in [1.54, 1.807) is 6.92 Å². The quantitative estimate of drug-likeness (QED) is 0.744. The Morgan fingerprint density at radius 2 is 1.95 bits per heavy atom. The number of nitrogens with zero attached hydrogens (tertiary/aromatic N) is 1. The number of nitrogens with two attached hydrogens (primary N) is 1. The lowest BCUT2D eigenvalue weighted by Gasteiger charge is -2.14. The number of carbonyl (C=O) groups excluding carboxylic acids is 3. The second-order valence-corrected chi connectivity index (χ2v) is 4.10. The summed E-state index contributed by atoms with van der Waals surface area (Å²) >= 11 is 0. The summed E-state index contributed by atoms with van der Waals surface area (Å²) in [5.41, 5.74) is 5.61. The predicted molar refractivity (Wildman–Crippen MR) is 69.2 cm³/mol. The first-order valence-corrected chi connectivity index (χ1v) is 6.06. The summed E-state index contributed by atoms with van der Waals surface area (Å²) in [4.78, 5) is 38.1. The molecule has 2 amide bonds. The molecule has 6 nitrogen and oxygen atoms in total. The molecule has 0 aromatic carbocycles. The Bertz CT molecular complexity index is 459. The Morgan fingerprint density at radius 1 is 1.32 bits per heavy atom. The van der Waals surface area contributed by atoms with Gasteiger partial charge in [-0.1, -0.05) is 6.92 Å². The molecule has 3 N–H and O–H groups in total. The Balaban J connectivity index is 2.61. The highest BCUT2D eigenvalue weighted by molar-refractivity contribution is 5.97. The molecule has 0 aliphatic carbocycles. The van der Waals surface area contributed by atoms with Crippen LogP contribution < -0.4 is 11.1 Å². The fourth-order valence-electron chi connectivity index (χ4n) is 1.51. The highest BCUT2D eigenvalue weighted by Crippen LogP contribution is 2.03. The summed E-state index contributed by atoms with van der Waals surface area (Å²) < 4.78 is 0. The van der Waals surface area contributed by atoms with Crippen LogP contribution in [0.4, 0.5) is 0 Å². The lowest BCUT2D eigenvalue weighted by molar-refractivity contribution is -0.121. The third kappa shape index (κ3) is 4.87. The number of hydrogen-bond acceptors (Lipinski definition) is 4. The van der Waals surface area contributed by atoms with E-state index in [4.69, 9.17) is 5.73 Å². The van der Waals surface area contributed by atoms with Gasteiger partial charge in [0.2, 0.25) is 5.91 Å². The summed E-state index contributed by atoms with van der Waals surface area (Å²) in [5.74, 6) is -1.02. The molecule has 0 unspecified atom stereocenters. The zero-order chi connectivity index (χ0) is 14.3. The van der Waals surface area contributed by atoms with E-state index in [0.717, 1.165) is 0 Å². The number of hydrogen-bond donors (Lipinski definition) is 2. The van der Waals surface area contributed by atoms with Crippen LogP contribution in [0.25, 0.3) is 0 Å². The van der Waals surface area contributed by atoms with Crippen LogP contribution in [0.3, 0.4) is 0 Å². The molecule has 1 heterocycles. The van der Waals surface area contributed by atoms with Crippen molar-refractivity contribution in [3.63, 3.8) is 0 Å². The number of rotatable bonds is 7. The number of ketones is 1. The fourth-order valence-corrected chi connectivity index (χ4v) is 1.51. The van der Waals surface area contributed by atoms with Crippen molar-refractivity contribution in [2.24, 2.45) is 5.73 Å². The molecule has 0 fully saturated rings. The SMILES string of the molecule is CCC(=O)CC[C@@H](NC(=O)c1ccncc1)C(N)=O. The Labute approximate surface area is 111 Å². The lowest BCUT2D eigenvalue weighted by atomic mass is 10.1. The van der Waals surface area contributed by atoms with E-state index in [2.05, 4.69) is 10.3 Å². The van der Waals surface area contributed by atoms with E-state index in [9.17, 15) is 14.4 Å². The molecule has 102 valence electrons. The summed E-state index contributed by atoms with van der Waals surface area (Å²) in [6, 6.07) is 2.23. The summed E-state index contributed by atoms with van der Waals surface area (Å²) in [5, 5.41) is 2.52. The maximum atomic E-state index is 11.8. The summed E-state index contributed by atoms with van der Waals surface area (Å²) in [6.07, 6.45) is 3.81. The Morgan fingerprint density at radius 3 is 2.47 bits per heavy atom. The molecular weight excluding hydrogens is 246 g/mol. The highest BCUT2D eigenvalue weighted by Gasteiger charge is 2.19. The average Bonchev–Trinajstić information content (AvgIpc) is 2.43. The van der Waals surface area contributed by atoms with Crippen molar-refractivity contribution < 1.29 is 14.4 Å². The van der Waals surface area contributed by atoms with Crippen molar-refractivity contribution in [1.29, 1.82) is 0 Å². The molecule has 1 atom stereocenters. The van der Waals surface area contributed by atoms with E-state index in [1.165, 1.54) is 24.5 Å². The number of nitrogens with one attached hydrogen (secondary N) is 1. The van der Waals surface area contributed by atoms with Gasteiger partial charge >= 0.3 is 0 Å². The number of pyridine rings is 1. The Kier molecular flexibility index (Phi) is 5.66. The number of carbonyl (C=O) groups is 3. The first-order valence-electron chi connectivity index (χ1n) is 6.06. The number of amides is 2. The van der Waals surface area contributed by atoms with Crippen LogP contribution in [0.5, 0.6) is 0 Å². The standard InChI is InChI=1S/C13H17N3O3/c1-2-10(17)3-4-11(12(14)18)16-13(19)9-5-7-15-8-6-9/h5-8,11H,2-4H2,1H3,(H2,14,18)(H,16,19)/t11-/m1/s1. The first-order chi connectivity index (χ1) is 9.04. The van der Waals surface area contributed by atoms with Crippen LogP contribution in [-0.2, 0) is 9.59 Å². The fraction of sp³-hybridized carbons (Fsp3) is 0.385. The van der Waals surface area contributed by atoms with Gasteiger partial charge in [0.15, 0.2) is 0 Å². The molecular formula is C13H17N3O3. The van der Waals surface area contributed by atoms with Crippen molar-refractivity contribution in [2.75, 3.05) is 0 Å². The molecule has 6 heteroatoms. The van der Waals surface area contributed by atoms with E-state index in [1.807, 2.05) is 0 Å². The maximum Gasteiger partial charge on any atom is 0.252 e. The maximum absolute atomic E-state index is 11.8. The van der Waals surface area contributed by atoms with Crippen LogP contribution in [0.15, 0.2) is 24.5 Å². The van der Waals surface area contributed by atoms with Crippen molar-refractivity contribution in [3.8, 4) is 0 Å². The molecule has 0 spiro atoms. The van der Waals surface area contributed by atoms with Gasteiger partial charge in [0.05, 0.1) is 0 Å². The van der Waals surface area contributed by atoms with Crippen LogP contribution in [0.2, 0.25) is 0 Å². The van der Waals surface area contributed by atoms with Crippen molar-refractivity contribution in [1.82, 2.24) is 10.3 Å². The largest absolute Gasteiger partial charge is 0.368 e. The average molecular weight is 263 g/mol. The minimum atomic E-state index is -0.837. The van der Waals surface area contributed by atoms with E-state index >= 15 is 0 Å². The first kappa shape index (κ1) is 14.8. The van der Waals surface area contributed by atoms with E-state index in [-0.39, 0.29) is 18.6 Å². The van der Waals surface area contributed by atoms with Gasteiger partial charge in [0.25, 0.3) is 5.91 Å². The van der Waals surface area contributed by atoms with E-state index in [0.29, 0.717) is 12.0 Å². The second-order valence-electron chi connectivity index (χ2n) is 4.10. The van der Waals surface area contributed by atoms with Gasteiger partial charge < -0.3 is 11.1 Å². The van der Waals surface area contributed by atoms with Crippen LogP contribution in [0, 0.1) is 0 Å². The smallest absolute Gasteiger partial charge is 0.252 e. The van der Waals surface area contributed by atoms with Crippen molar-refractivity contribution >= 4 is 17.6 Å². The van der Waals surface area contributed by atoms with Gasteiger partial charge in [-0.25, -0.2) is 0 Å². The molecule has 1 aromatic rings. The van der Waals surface area contributed by atoms with Crippen LogP contribution in [0.1, 0.15) is 36.5 Å². The summed E-state index contributed by atoms with van der Waals surface area (Å²) in [7, 11) is 0. The predicted octanol–water partition coefficient (Wildman–Crippen LogP) is 0.425. The zero-order valence-electron chi connectivity index (χ0n) is 10.8. The molecule has 1 rings (SSSR count). The minimum absolute atomic E-state index is 0.0319. The van der Waals surface area contributed by atoms with Gasteiger partial charge in [-0.3, -0.25) is 19.4 Å². The van der Waals surface area contributed by atoms with Gasteiger partial charge in [-0.2, -0.15) is 0 Å². The third-order valence-corrected chi connectivity index (χ3v) is 2.70. The molecule has 0 aliphatic heterocycles. The number of aromatic nitrogens is 1. The number of primary amides is 1. The Hall–Kier alpha value is -2.24. The third-order valence-electron chi connectivity index (χ3n) is 2.70. The molecule has 0 saturated carbocycles. The molecule has 19 heavy (non-hydrogen) atoms. The topological polar surface area (TPSA) is 102 Å². The second kappa shape index (κ2) is 7.25. The minimum Gasteiger partial charge on any atom is -0.368 e. The van der Waals surface area contributed by atoms with Crippen molar-refractivity contribution in [2.45, 2.75) is 32.2 Å². The number of Topliss-reactive ketones (excluding diaryl/α,β-unsaturated/α-hetero) is 1. The molecule has 0 saturated heterocycles. The lowest BCUT2D eigenvalue weighted by Crippen LogP contribution is -2.44. The van der Waals surface area contributed by atoms with E-state index < -0.39 is 17.9 Å². The van der Waals surface area contributed by atoms with Crippen LogP contribution in [-0.4, -0.2) is 28.6 Å².